The molecule has 1 unspecified atom stereocenters. The molecule has 1 atom stereocenters. The average Bonchev–Trinajstić information content (AvgIpc) is 3.15. The molecular formula is C22H27N5O. The van der Waals surface area contributed by atoms with Gasteiger partial charge < -0.3 is 9.88 Å². The number of carbonyl (C=O) groups excluding carboxylic acids is 1. The molecule has 0 radical (unpaired) electrons. The standard InChI is InChI=1S/C22H27N5O/c1-26(2)22(28)21-12-19(24-15-25-21)10-16-4-3-9-27(13-16)14-17-5-6-18-7-8-23-20(18)11-17/h5-8,11-12,15-16,23H,3-4,9-10,13-14H2,1-2H3. The summed E-state index contributed by atoms with van der Waals surface area (Å²) in [5.41, 5.74) is 3.98. The largest absolute Gasteiger partial charge is 0.361 e. The number of hydrogen-bond acceptors (Lipinski definition) is 4. The minimum Gasteiger partial charge on any atom is -0.361 e. The van der Waals surface area contributed by atoms with Crippen LogP contribution in [-0.2, 0) is 13.0 Å². The van der Waals surface area contributed by atoms with Gasteiger partial charge in [0.1, 0.15) is 12.0 Å². The Labute approximate surface area is 165 Å². The van der Waals surface area contributed by atoms with Crippen molar-refractivity contribution < 1.29 is 4.79 Å². The molecule has 4 rings (SSSR count). The molecule has 6 nitrogen and oxygen atoms in total. The number of aromatic nitrogens is 3. The second-order valence-electron chi connectivity index (χ2n) is 7.94. The first-order valence-electron chi connectivity index (χ1n) is 9.89. The zero-order valence-electron chi connectivity index (χ0n) is 16.6. The minimum atomic E-state index is -0.0753. The highest BCUT2D eigenvalue weighted by Crippen LogP contribution is 2.23. The number of nitrogens with zero attached hydrogens (tertiary/aromatic N) is 4. The monoisotopic (exact) mass is 377 g/mol. The molecule has 1 fully saturated rings. The zero-order valence-corrected chi connectivity index (χ0v) is 16.6. The van der Waals surface area contributed by atoms with Crippen LogP contribution < -0.4 is 0 Å². The third-order valence-electron chi connectivity index (χ3n) is 5.48. The molecule has 1 N–H and O–H groups in total. The van der Waals surface area contributed by atoms with Crippen LogP contribution in [0.4, 0.5) is 0 Å². The molecule has 146 valence electrons. The maximum absolute atomic E-state index is 12.1. The van der Waals surface area contributed by atoms with Gasteiger partial charge in [0.15, 0.2) is 0 Å². The number of amides is 1. The number of fused-ring (bicyclic) bond motifs is 1. The van der Waals surface area contributed by atoms with Crippen molar-refractivity contribution in [3.63, 3.8) is 0 Å². The van der Waals surface area contributed by atoms with Crippen LogP contribution in [0.1, 0.15) is 34.6 Å². The van der Waals surface area contributed by atoms with Gasteiger partial charge in [-0.05, 0) is 60.9 Å². The number of nitrogens with one attached hydrogen (secondary N) is 1. The van der Waals surface area contributed by atoms with Crippen LogP contribution in [0.25, 0.3) is 10.9 Å². The number of H-pyrrole nitrogens is 1. The number of piperidine rings is 1. The van der Waals surface area contributed by atoms with Crippen molar-refractivity contribution in [3.8, 4) is 0 Å². The Bertz CT molecular complexity index is 964. The van der Waals surface area contributed by atoms with Crippen molar-refractivity contribution in [1.29, 1.82) is 0 Å². The fraction of sp³-hybridized carbons (Fsp3) is 0.409. The number of carbonyl (C=O) groups is 1. The molecule has 1 aliphatic heterocycles. The van der Waals surface area contributed by atoms with Gasteiger partial charge >= 0.3 is 0 Å². The molecule has 0 bridgehead atoms. The SMILES string of the molecule is CN(C)C(=O)c1cc(CC2CCCN(Cc3ccc4cc[nH]c4c3)C2)ncn1. The quantitative estimate of drug-likeness (QED) is 0.742. The van der Waals surface area contributed by atoms with Crippen molar-refractivity contribution in [2.45, 2.75) is 25.8 Å². The van der Waals surface area contributed by atoms with Gasteiger partial charge in [-0.2, -0.15) is 0 Å². The Kier molecular flexibility index (Phi) is 5.39. The van der Waals surface area contributed by atoms with E-state index in [1.165, 1.54) is 35.6 Å². The summed E-state index contributed by atoms with van der Waals surface area (Å²) < 4.78 is 0. The first-order valence-corrected chi connectivity index (χ1v) is 9.89. The van der Waals surface area contributed by atoms with E-state index in [1.54, 1.807) is 19.0 Å². The van der Waals surface area contributed by atoms with Gasteiger partial charge in [-0.3, -0.25) is 9.69 Å². The summed E-state index contributed by atoms with van der Waals surface area (Å²) in [7, 11) is 3.49. The van der Waals surface area contributed by atoms with E-state index in [0.717, 1.165) is 31.7 Å². The Balaban J connectivity index is 1.40. The number of benzene rings is 1. The van der Waals surface area contributed by atoms with Gasteiger partial charge in [0.05, 0.1) is 0 Å². The molecule has 0 aliphatic carbocycles. The van der Waals surface area contributed by atoms with Crippen LogP contribution in [0, 0.1) is 5.92 Å². The van der Waals surface area contributed by atoms with Crippen molar-refractivity contribution in [2.75, 3.05) is 27.2 Å². The highest BCUT2D eigenvalue weighted by molar-refractivity contribution is 5.91. The Morgan fingerprint density at radius 1 is 1.25 bits per heavy atom. The third kappa shape index (κ3) is 4.22. The third-order valence-corrected chi connectivity index (χ3v) is 5.48. The molecule has 0 spiro atoms. The van der Waals surface area contributed by atoms with Gasteiger partial charge in [-0.25, -0.2) is 9.97 Å². The van der Waals surface area contributed by atoms with Crippen LogP contribution in [0.2, 0.25) is 0 Å². The van der Waals surface area contributed by atoms with E-state index in [4.69, 9.17) is 0 Å². The highest BCUT2D eigenvalue weighted by Gasteiger charge is 2.21. The molecule has 0 saturated carbocycles. The fourth-order valence-electron chi connectivity index (χ4n) is 4.06. The summed E-state index contributed by atoms with van der Waals surface area (Å²) >= 11 is 0. The van der Waals surface area contributed by atoms with Crippen molar-refractivity contribution in [2.24, 2.45) is 5.92 Å². The van der Waals surface area contributed by atoms with Gasteiger partial charge in [0.25, 0.3) is 5.91 Å². The molecule has 1 aromatic carbocycles. The fourth-order valence-corrected chi connectivity index (χ4v) is 4.06. The molecular weight excluding hydrogens is 350 g/mol. The zero-order chi connectivity index (χ0) is 19.5. The number of rotatable bonds is 5. The summed E-state index contributed by atoms with van der Waals surface area (Å²) in [6, 6.07) is 10.6. The average molecular weight is 377 g/mol. The first-order chi connectivity index (χ1) is 13.6. The predicted molar refractivity (Wildman–Crippen MR) is 110 cm³/mol. The van der Waals surface area contributed by atoms with Crippen LogP contribution in [0.15, 0.2) is 42.9 Å². The molecule has 3 heterocycles. The lowest BCUT2D eigenvalue weighted by molar-refractivity contribution is 0.0821. The van der Waals surface area contributed by atoms with Crippen molar-refractivity contribution >= 4 is 16.8 Å². The van der Waals surface area contributed by atoms with E-state index in [9.17, 15) is 4.79 Å². The number of aromatic amines is 1. The second kappa shape index (κ2) is 8.10. The van der Waals surface area contributed by atoms with E-state index in [2.05, 4.69) is 44.1 Å². The summed E-state index contributed by atoms with van der Waals surface area (Å²) in [6.45, 7) is 3.16. The van der Waals surface area contributed by atoms with Crippen LogP contribution in [0.5, 0.6) is 0 Å². The lowest BCUT2D eigenvalue weighted by atomic mass is 9.92. The lowest BCUT2D eigenvalue weighted by Crippen LogP contribution is -2.35. The van der Waals surface area contributed by atoms with Gasteiger partial charge in [0.2, 0.25) is 0 Å². The molecule has 2 aromatic heterocycles. The van der Waals surface area contributed by atoms with Gasteiger partial charge in [-0.1, -0.05) is 12.1 Å². The number of hydrogen-bond donors (Lipinski definition) is 1. The van der Waals surface area contributed by atoms with E-state index in [1.807, 2.05) is 12.3 Å². The maximum Gasteiger partial charge on any atom is 0.272 e. The van der Waals surface area contributed by atoms with Crippen molar-refractivity contribution in [1.82, 2.24) is 24.8 Å². The first kappa shape index (κ1) is 18.6. The van der Waals surface area contributed by atoms with E-state index in [0.29, 0.717) is 11.6 Å². The van der Waals surface area contributed by atoms with Crippen LogP contribution in [0.3, 0.4) is 0 Å². The maximum atomic E-state index is 12.1. The summed E-state index contributed by atoms with van der Waals surface area (Å²) in [5.74, 6) is 0.480. The second-order valence-corrected chi connectivity index (χ2v) is 7.94. The van der Waals surface area contributed by atoms with Crippen LogP contribution >= 0.6 is 0 Å². The van der Waals surface area contributed by atoms with E-state index in [-0.39, 0.29) is 5.91 Å². The number of likely N-dealkylation sites (tertiary alicyclic amines) is 1. The highest BCUT2D eigenvalue weighted by atomic mass is 16.2. The smallest absolute Gasteiger partial charge is 0.272 e. The van der Waals surface area contributed by atoms with Gasteiger partial charge in [0, 0.05) is 44.6 Å². The van der Waals surface area contributed by atoms with Crippen molar-refractivity contribution in [3.05, 3.63) is 59.8 Å². The molecule has 3 aromatic rings. The molecule has 28 heavy (non-hydrogen) atoms. The summed E-state index contributed by atoms with van der Waals surface area (Å²) in [6.07, 6.45) is 6.79. The van der Waals surface area contributed by atoms with E-state index >= 15 is 0 Å². The molecule has 6 heteroatoms. The minimum absolute atomic E-state index is 0.0753. The Morgan fingerprint density at radius 2 is 2.14 bits per heavy atom. The van der Waals surface area contributed by atoms with Gasteiger partial charge in [-0.15, -0.1) is 0 Å². The summed E-state index contributed by atoms with van der Waals surface area (Å²) in [5, 5.41) is 1.26. The lowest BCUT2D eigenvalue weighted by Gasteiger charge is -2.32. The molecule has 1 aliphatic rings. The Morgan fingerprint density at radius 3 is 3.00 bits per heavy atom. The Hall–Kier alpha value is -2.73. The topological polar surface area (TPSA) is 65.1 Å². The normalized spacial score (nSPS) is 17.7. The predicted octanol–water partition coefficient (Wildman–Crippen LogP) is 3.11. The van der Waals surface area contributed by atoms with E-state index < -0.39 is 0 Å². The molecule has 1 amide bonds. The summed E-state index contributed by atoms with van der Waals surface area (Å²) in [4.78, 5) is 28.1. The molecule has 1 saturated heterocycles. The van der Waals surface area contributed by atoms with Crippen LogP contribution in [-0.4, -0.2) is 57.8 Å².